The van der Waals surface area contributed by atoms with Crippen LogP contribution in [0.2, 0.25) is 0 Å². The van der Waals surface area contributed by atoms with E-state index in [9.17, 15) is 14.4 Å². The molecule has 140 valence electrons. The Morgan fingerprint density at radius 2 is 1.64 bits per heavy atom. The number of hydrogen-bond acceptors (Lipinski definition) is 5. The molecule has 2 saturated carbocycles. The summed E-state index contributed by atoms with van der Waals surface area (Å²) in [5.41, 5.74) is 0.319. The first-order valence-corrected chi connectivity index (χ1v) is 9.56. The Morgan fingerprint density at radius 1 is 0.964 bits per heavy atom. The van der Waals surface area contributed by atoms with Crippen molar-refractivity contribution >= 4 is 23.5 Å². The molecule has 6 heteroatoms. The Kier molecular flexibility index (Phi) is 3.08. The standard InChI is InChI=1S/C22H17NO5/c24-20-18-11-7-8-12(14-10-13(11)14)19(18)21(25)23(20)15-4-1-2-5-16(15)28-22(26)17-6-3-9-27-17/h1-9,11-14,18-19H,10H2/t11-,12-,13-,14-,18+,19+/m0/s1. The molecule has 0 radical (unpaired) electrons. The zero-order valence-electron chi connectivity index (χ0n) is 14.9. The number of nitrogens with zero attached hydrogens (tertiary/aromatic N) is 1. The monoisotopic (exact) mass is 375 g/mol. The number of benzene rings is 1. The lowest BCUT2D eigenvalue weighted by atomic mass is 9.63. The van der Waals surface area contributed by atoms with E-state index in [4.69, 9.17) is 9.15 Å². The Morgan fingerprint density at radius 3 is 2.29 bits per heavy atom. The zero-order valence-corrected chi connectivity index (χ0v) is 14.9. The Bertz CT molecular complexity index is 1000. The van der Waals surface area contributed by atoms with Crippen LogP contribution >= 0.6 is 0 Å². The molecule has 1 saturated heterocycles. The van der Waals surface area contributed by atoms with Crippen LogP contribution in [0.1, 0.15) is 17.0 Å². The summed E-state index contributed by atoms with van der Waals surface area (Å²) in [6.07, 6.45) is 6.77. The molecule has 1 aromatic heterocycles. The predicted octanol–water partition coefficient (Wildman–Crippen LogP) is 3.06. The van der Waals surface area contributed by atoms with Gasteiger partial charge in [0, 0.05) is 0 Å². The van der Waals surface area contributed by atoms with Crippen molar-refractivity contribution in [3.8, 4) is 5.75 Å². The number of esters is 1. The molecule has 28 heavy (non-hydrogen) atoms. The van der Waals surface area contributed by atoms with Crippen LogP contribution in [0, 0.1) is 35.5 Å². The minimum absolute atomic E-state index is 0.0601. The van der Waals surface area contributed by atoms with Gasteiger partial charge < -0.3 is 9.15 Å². The van der Waals surface area contributed by atoms with Gasteiger partial charge in [-0.3, -0.25) is 9.59 Å². The van der Waals surface area contributed by atoms with Crippen molar-refractivity contribution in [2.75, 3.05) is 4.90 Å². The van der Waals surface area contributed by atoms with Crippen LogP contribution in [0.15, 0.2) is 59.2 Å². The lowest BCUT2D eigenvalue weighted by Crippen LogP contribution is -2.40. The van der Waals surface area contributed by atoms with Gasteiger partial charge in [-0.1, -0.05) is 24.3 Å². The first-order chi connectivity index (χ1) is 13.6. The second-order valence-corrected chi connectivity index (χ2v) is 8.00. The van der Waals surface area contributed by atoms with Gasteiger partial charge in [0.1, 0.15) is 0 Å². The molecule has 7 rings (SSSR count). The summed E-state index contributed by atoms with van der Waals surface area (Å²) >= 11 is 0. The van der Waals surface area contributed by atoms with E-state index in [0.29, 0.717) is 17.5 Å². The van der Waals surface area contributed by atoms with Gasteiger partial charge in [0.25, 0.3) is 0 Å². The van der Waals surface area contributed by atoms with Crippen molar-refractivity contribution in [2.45, 2.75) is 6.42 Å². The largest absolute Gasteiger partial charge is 0.457 e. The third kappa shape index (κ3) is 2.00. The Hall–Kier alpha value is -3.15. The van der Waals surface area contributed by atoms with Crippen LogP contribution in [0.25, 0.3) is 0 Å². The topological polar surface area (TPSA) is 76.8 Å². The smallest absolute Gasteiger partial charge is 0.379 e. The van der Waals surface area contributed by atoms with E-state index in [1.54, 1.807) is 30.3 Å². The van der Waals surface area contributed by atoms with E-state index in [1.807, 2.05) is 0 Å². The summed E-state index contributed by atoms with van der Waals surface area (Å²) < 4.78 is 10.5. The fourth-order valence-corrected chi connectivity index (χ4v) is 5.47. The quantitative estimate of drug-likeness (QED) is 0.357. The van der Waals surface area contributed by atoms with Crippen LogP contribution in [-0.2, 0) is 9.59 Å². The number of ether oxygens (including phenoxy) is 1. The second-order valence-electron chi connectivity index (χ2n) is 8.00. The molecule has 2 bridgehead atoms. The average molecular weight is 375 g/mol. The molecule has 0 unspecified atom stereocenters. The van der Waals surface area contributed by atoms with Crippen molar-refractivity contribution in [1.29, 1.82) is 0 Å². The molecule has 6 atom stereocenters. The van der Waals surface area contributed by atoms with Crippen LogP contribution < -0.4 is 9.64 Å². The third-order valence-electron chi connectivity index (χ3n) is 6.69. The van der Waals surface area contributed by atoms with Crippen LogP contribution in [-0.4, -0.2) is 17.8 Å². The molecule has 0 spiro atoms. The van der Waals surface area contributed by atoms with E-state index in [-0.39, 0.29) is 47.0 Å². The number of imide groups is 1. The number of carbonyl (C=O) groups excluding carboxylic acids is 3. The highest BCUT2D eigenvalue weighted by Gasteiger charge is 2.67. The number of allylic oxidation sites excluding steroid dienone is 2. The van der Waals surface area contributed by atoms with Gasteiger partial charge >= 0.3 is 5.97 Å². The van der Waals surface area contributed by atoms with E-state index in [0.717, 1.165) is 6.42 Å². The molecule has 0 N–H and O–H groups in total. The summed E-state index contributed by atoms with van der Waals surface area (Å²) in [4.78, 5) is 40.1. The predicted molar refractivity (Wildman–Crippen MR) is 97.3 cm³/mol. The fraction of sp³-hybridized carbons (Fsp3) is 0.318. The number of furan rings is 1. The minimum atomic E-state index is -0.669. The third-order valence-corrected chi connectivity index (χ3v) is 6.69. The van der Waals surface area contributed by atoms with Gasteiger partial charge in [-0.25, -0.2) is 9.69 Å². The number of para-hydroxylation sites is 2. The molecule has 1 aliphatic heterocycles. The summed E-state index contributed by atoms with van der Waals surface area (Å²) in [5, 5.41) is 0. The van der Waals surface area contributed by atoms with Crippen molar-refractivity contribution in [3.05, 3.63) is 60.6 Å². The van der Waals surface area contributed by atoms with E-state index in [2.05, 4.69) is 12.2 Å². The van der Waals surface area contributed by atoms with Crippen molar-refractivity contribution in [1.82, 2.24) is 0 Å². The molecule has 3 fully saturated rings. The van der Waals surface area contributed by atoms with Crippen LogP contribution in [0.3, 0.4) is 0 Å². The van der Waals surface area contributed by atoms with Gasteiger partial charge in [0.15, 0.2) is 5.75 Å². The summed E-state index contributed by atoms with van der Waals surface area (Å²) in [7, 11) is 0. The lowest BCUT2D eigenvalue weighted by molar-refractivity contribution is -0.124. The molecule has 4 aliphatic carbocycles. The van der Waals surface area contributed by atoms with Gasteiger partial charge in [-0.05, 0) is 54.4 Å². The molecule has 6 nitrogen and oxygen atoms in total. The van der Waals surface area contributed by atoms with Crippen molar-refractivity contribution in [3.63, 3.8) is 0 Å². The highest BCUT2D eigenvalue weighted by molar-refractivity contribution is 6.23. The molecule has 5 aliphatic rings. The lowest BCUT2D eigenvalue weighted by Gasteiger charge is -2.37. The number of hydrogen-bond donors (Lipinski definition) is 0. The maximum atomic E-state index is 13.3. The van der Waals surface area contributed by atoms with Crippen molar-refractivity contribution < 1.29 is 23.5 Å². The van der Waals surface area contributed by atoms with E-state index in [1.165, 1.54) is 17.2 Å². The zero-order chi connectivity index (χ0) is 19.0. The number of carbonyl (C=O) groups is 3. The fourth-order valence-electron chi connectivity index (χ4n) is 5.47. The van der Waals surface area contributed by atoms with Gasteiger partial charge in [-0.15, -0.1) is 0 Å². The normalized spacial score (nSPS) is 34.4. The number of anilines is 1. The Labute approximate surface area is 160 Å². The molecule has 1 aromatic carbocycles. The molecular weight excluding hydrogens is 358 g/mol. The summed E-state index contributed by atoms with van der Waals surface area (Å²) in [6, 6.07) is 9.76. The van der Waals surface area contributed by atoms with Crippen LogP contribution in [0.4, 0.5) is 5.69 Å². The first kappa shape index (κ1) is 15.9. The maximum Gasteiger partial charge on any atom is 0.379 e. The maximum absolute atomic E-state index is 13.3. The van der Waals surface area contributed by atoms with E-state index >= 15 is 0 Å². The minimum Gasteiger partial charge on any atom is -0.457 e. The Balaban J connectivity index is 1.36. The van der Waals surface area contributed by atoms with Gasteiger partial charge in [0.05, 0.1) is 23.8 Å². The molecule has 2 heterocycles. The van der Waals surface area contributed by atoms with Crippen molar-refractivity contribution in [2.24, 2.45) is 35.5 Å². The highest BCUT2D eigenvalue weighted by atomic mass is 16.5. The molecule has 2 amide bonds. The molecular formula is C22H17NO5. The first-order valence-electron chi connectivity index (χ1n) is 9.56. The van der Waals surface area contributed by atoms with E-state index < -0.39 is 5.97 Å². The van der Waals surface area contributed by atoms with Gasteiger partial charge in [-0.2, -0.15) is 0 Å². The SMILES string of the molecule is O=C(Oc1ccccc1N1C(=O)[C@@H]2[C@H]3C=C[C@@H]([C@@H]4C[C@@H]34)[C@H]2C1=O)c1ccco1. The highest BCUT2D eigenvalue weighted by Crippen LogP contribution is 2.65. The number of rotatable bonds is 3. The summed E-state index contributed by atoms with van der Waals surface area (Å²) in [6.45, 7) is 0. The van der Waals surface area contributed by atoms with Gasteiger partial charge in [0.2, 0.25) is 17.6 Å². The number of amides is 2. The van der Waals surface area contributed by atoms with Crippen LogP contribution in [0.5, 0.6) is 5.75 Å². The molecule has 2 aromatic rings. The average Bonchev–Trinajstić information content (AvgIpc) is 3.27. The summed E-state index contributed by atoms with van der Waals surface area (Å²) in [5.74, 6) is 0.0117. The second kappa shape index (κ2) is 5.44.